The van der Waals surface area contributed by atoms with Gasteiger partial charge in [-0.2, -0.15) is 0 Å². The second kappa shape index (κ2) is 5.83. The summed E-state index contributed by atoms with van der Waals surface area (Å²) in [4.78, 5) is 21.7. The highest BCUT2D eigenvalue weighted by molar-refractivity contribution is 5.93. The SMILES string of the molecule is CCCC(=O)C(C=O)C(O)C(C)O. The van der Waals surface area contributed by atoms with Gasteiger partial charge in [0.2, 0.25) is 0 Å². The van der Waals surface area contributed by atoms with Gasteiger partial charge in [-0.15, -0.1) is 0 Å². The van der Waals surface area contributed by atoms with Crippen molar-refractivity contribution >= 4 is 12.1 Å². The summed E-state index contributed by atoms with van der Waals surface area (Å²) in [7, 11) is 0. The molecule has 0 rings (SSSR count). The van der Waals surface area contributed by atoms with Crippen molar-refractivity contribution in [3.8, 4) is 0 Å². The van der Waals surface area contributed by atoms with E-state index in [4.69, 9.17) is 5.11 Å². The van der Waals surface area contributed by atoms with Gasteiger partial charge in [0.1, 0.15) is 18.0 Å². The Hall–Kier alpha value is -0.740. The lowest BCUT2D eigenvalue weighted by Gasteiger charge is -2.18. The first-order valence-corrected chi connectivity index (χ1v) is 4.38. The third-order valence-electron chi connectivity index (χ3n) is 1.88. The van der Waals surface area contributed by atoms with Gasteiger partial charge in [0.25, 0.3) is 0 Å². The number of hydrogen-bond donors (Lipinski definition) is 2. The number of aldehydes is 1. The molecule has 0 aromatic rings. The van der Waals surface area contributed by atoms with Crippen LogP contribution in [-0.2, 0) is 9.59 Å². The van der Waals surface area contributed by atoms with Crippen LogP contribution < -0.4 is 0 Å². The molecule has 0 spiro atoms. The van der Waals surface area contributed by atoms with Gasteiger partial charge in [0.15, 0.2) is 0 Å². The van der Waals surface area contributed by atoms with Crippen molar-refractivity contribution in [3.63, 3.8) is 0 Å². The Kier molecular flexibility index (Phi) is 5.50. The van der Waals surface area contributed by atoms with Crippen LogP contribution in [0.5, 0.6) is 0 Å². The molecule has 0 aliphatic rings. The molecule has 0 fully saturated rings. The summed E-state index contributed by atoms with van der Waals surface area (Å²) in [5.74, 6) is -1.40. The number of hydrogen-bond acceptors (Lipinski definition) is 4. The monoisotopic (exact) mass is 188 g/mol. The number of carbonyl (C=O) groups excluding carboxylic acids is 2. The molecule has 0 saturated heterocycles. The molecule has 0 amide bonds. The second-order valence-corrected chi connectivity index (χ2v) is 3.11. The van der Waals surface area contributed by atoms with Gasteiger partial charge in [0.05, 0.1) is 12.2 Å². The Morgan fingerprint density at radius 3 is 2.31 bits per heavy atom. The van der Waals surface area contributed by atoms with Crippen LogP contribution in [0.2, 0.25) is 0 Å². The number of aliphatic hydroxyl groups is 2. The fraction of sp³-hybridized carbons (Fsp3) is 0.778. The molecule has 0 aromatic heterocycles. The van der Waals surface area contributed by atoms with E-state index in [9.17, 15) is 14.7 Å². The zero-order chi connectivity index (χ0) is 10.4. The van der Waals surface area contributed by atoms with Gasteiger partial charge in [-0.1, -0.05) is 6.92 Å². The molecule has 76 valence electrons. The highest BCUT2D eigenvalue weighted by Gasteiger charge is 2.28. The van der Waals surface area contributed by atoms with Crippen LogP contribution in [0.4, 0.5) is 0 Å². The zero-order valence-electron chi connectivity index (χ0n) is 7.93. The summed E-state index contributed by atoms with van der Waals surface area (Å²) in [6, 6.07) is 0. The first-order chi connectivity index (χ1) is 6.04. The van der Waals surface area contributed by atoms with Crippen molar-refractivity contribution in [2.45, 2.75) is 38.9 Å². The third-order valence-corrected chi connectivity index (χ3v) is 1.88. The van der Waals surface area contributed by atoms with E-state index in [1.807, 2.05) is 6.92 Å². The molecule has 13 heavy (non-hydrogen) atoms. The van der Waals surface area contributed by atoms with Crippen molar-refractivity contribution in [1.82, 2.24) is 0 Å². The molecule has 3 unspecified atom stereocenters. The number of ketones is 1. The van der Waals surface area contributed by atoms with Crippen LogP contribution in [0.15, 0.2) is 0 Å². The Bertz CT molecular complexity index is 176. The number of Topliss-reactive ketones (excluding diaryl/α,β-unsaturated/α-hetero) is 1. The molecular formula is C9H16O4. The topological polar surface area (TPSA) is 74.6 Å². The van der Waals surface area contributed by atoms with Gasteiger partial charge in [-0.05, 0) is 13.3 Å². The molecule has 0 aliphatic heterocycles. The van der Waals surface area contributed by atoms with E-state index in [1.165, 1.54) is 6.92 Å². The van der Waals surface area contributed by atoms with Crippen molar-refractivity contribution in [3.05, 3.63) is 0 Å². The van der Waals surface area contributed by atoms with Crippen LogP contribution in [0, 0.1) is 5.92 Å². The molecule has 2 N–H and O–H groups in total. The molecule has 0 heterocycles. The summed E-state index contributed by atoms with van der Waals surface area (Å²) in [5.41, 5.74) is 0. The van der Waals surface area contributed by atoms with Gasteiger partial charge in [-0.3, -0.25) is 4.79 Å². The predicted octanol–water partition coefficient (Wildman–Crippen LogP) is -0.0876. The first-order valence-electron chi connectivity index (χ1n) is 4.38. The lowest BCUT2D eigenvalue weighted by molar-refractivity contribution is -0.135. The van der Waals surface area contributed by atoms with E-state index in [0.717, 1.165) is 0 Å². The maximum absolute atomic E-state index is 11.2. The highest BCUT2D eigenvalue weighted by atomic mass is 16.3. The molecule has 0 saturated carbocycles. The van der Waals surface area contributed by atoms with Crippen LogP contribution >= 0.6 is 0 Å². The average molecular weight is 188 g/mol. The Morgan fingerprint density at radius 2 is 2.00 bits per heavy atom. The first kappa shape index (κ1) is 12.3. The molecule has 0 aromatic carbocycles. The van der Waals surface area contributed by atoms with E-state index < -0.39 is 18.1 Å². The number of aliphatic hydroxyl groups excluding tert-OH is 2. The molecule has 0 bridgehead atoms. The summed E-state index contributed by atoms with van der Waals surface area (Å²) >= 11 is 0. The van der Waals surface area contributed by atoms with E-state index in [1.54, 1.807) is 0 Å². The van der Waals surface area contributed by atoms with E-state index in [-0.39, 0.29) is 12.2 Å². The maximum Gasteiger partial charge on any atom is 0.145 e. The normalized spacial score (nSPS) is 17.5. The summed E-state index contributed by atoms with van der Waals surface area (Å²) in [6.45, 7) is 3.16. The third kappa shape index (κ3) is 3.65. The minimum Gasteiger partial charge on any atom is -0.391 e. The Labute approximate surface area is 77.6 Å². The molecule has 0 radical (unpaired) electrons. The molecule has 4 nitrogen and oxygen atoms in total. The minimum atomic E-state index is -1.28. The van der Waals surface area contributed by atoms with Gasteiger partial charge in [-0.25, -0.2) is 0 Å². The fourth-order valence-electron chi connectivity index (χ4n) is 1.06. The highest BCUT2D eigenvalue weighted by Crippen LogP contribution is 2.10. The lowest BCUT2D eigenvalue weighted by Crippen LogP contribution is -2.37. The smallest absolute Gasteiger partial charge is 0.145 e. The van der Waals surface area contributed by atoms with Crippen molar-refractivity contribution < 1.29 is 19.8 Å². The van der Waals surface area contributed by atoms with Crippen molar-refractivity contribution in [2.24, 2.45) is 5.92 Å². The zero-order valence-corrected chi connectivity index (χ0v) is 7.93. The van der Waals surface area contributed by atoms with Gasteiger partial charge in [0, 0.05) is 6.42 Å². The summed E-state index contributed by atoms with van der Waals surface area (Å²) < 4.78 is 0. The van der Waals surface area contributed by atoms with Gasteiger partial charge < -0.3 is 15.0 Å². The Balaban J connectivity index is 4.32. The van der Waals surface area contributed by atoms with Crippen molar-refractivity contribution in [2.75, 3.05) is 0 Å². The maximum atomic E-state index is 11.2. The van der Waals surface area contributed by atoms with E-state index in [0.29, 0.717) is 12.7 Å². The van der Waals surface area contributed by atoms with Crippen LogP contribution in [0.25, 0.3) is 0 Å². The fourth-order valence-corrected chi connectivity index (χ4v) is 1.06. The summed E-state index contributed by atoms with van der Waals surface area (Å²) in [5, 5.41) is 18.3. The standard InChI is InChI=1S/C9H16O4/c1-3-4-8(12)7(5-10)9(13)6(2)11/h5-7,9,11,13H,3-4H2,1-2H3. The van der Waals surface area contributed by atoms with E-state index in [2.05, 4.69) is 0 Å². The molecular weight excluding hydrogens is 172 g/mol. The largest absolute Gasteiger partial charge is 0.391 e. The quantitative estimate of drug-likeness (QED) is 0.451. The Morgan fingerprint density at radius 1 is 1.46 bits per heavy atom. The second-order valence-electron chi connectivity index (χ2n) is 3.11. The van der Waals surface area contributed by atoms with Crippen LogP contribution in [-0.4, -0.2) is 34.5 Å². The average Bonchev–Trinajstić information content (AvgIpc) is 2.05. The predicted molar refractivity (Wildman–Crippen MR) is 47.2 cm³/mol. The molecule has 4 heteroatoms. The molecule has 3 atom stereocenters. The molecule has 0 aliphatic carbocycles. The van der Waals surface area contributed by atoms with Crippen LogP contribution in [0.1, 0.15) is 26.7 Å². The minimum absolute atomic E-state index is 0.257. The van der Waals surface area contributed by atoms with E-state index >= 15 is 0 Å². The number of rotatable bonds is 6. The van der Waals surface area contributed by atoms with Crippen molar-refractivity contribution in [1.29, 1.82) is 0 Å². The summed E-state index contributed by atoms with van der Waals surface area (Å²) in [6.07, 6.45) is -1.05. The number of carbonyl (C=O) groups is 2. The van der Waals surface area contributed by atoms with Gasteiger partial charge >= 0.3 is 0 Å². The van der Waals surface area contributed by atoms with Crippen LogP contribution in [0.3, 0.4) is 0 Å². The lowest BCUT2D eigenvalue weighted by atomic mass is 9.93.